The number of fused-ring (bicyclic) bond motifs is 9. The molecule has 0 saturated carbocycles. The highest BCUT2D eigenvalue weighted by Crippen LogP contribution is 2.40. The summed E-state index contributed by atoms with van der Waals surface area (Å²) in [7, 11) is 0. The van der Waals surface area contributed by atoms with Crippen LogP contribution >= 0.6 is 0 Å². The Morgan fingerprint density at radius 2 is 0.725 bits per heavy atom. The molecule has 0 aliphatic heterocycles. The molecule has 5 aromatic heterocycles. The fourth-order valence-corrected chi connectivity index (χ4v) is 10.8. The largest absolute Gasteiger partial charge is 0.309 e. The van der Waals surface area contributed by atoms with Crippen LogP contribution in [0.1, 0.15) is 0 Å². The molecule has 14 aromatic rings. The molecule has 0 bridgehead atoms. The third-order valence-corrected chi connectivity index (χ3v) is 13.9. The zero-order chi connectivity index (χ0) is 45.4. The van der Waals surface area contributed by atoms with Crippen molar-refractivity contribution < 1.29 is 0 Å². The van der Waals surface area contributed by atoms with Gasteiger partial charge in [0.05, 0.1) is 44.5 Å². The molecule has 0 radical (unpaired) electrons. The highest BCUT2D eigenvalue weighted by Gasteiger charge is 2.20. The predicted molar refractivity (Wildman–Crippen MR) is 287 cm³/mol. The Balaban J connectivity index is 0.924. The Bertz CT molecular complexity index is 4010. The average Bonchev–Trinajstić information content (AvgIpc) is 4.06. The Hall–Kier alpha value is -9.32. The lowest BCUT2D eigenvalue weighted by Crippen LogP contribution is -1.99. The maximum Gasteiger partial charge on any atom is 0.138 e. The fraction of sp³-hybridized carbons (Fsp3) is 0. The molecule has 0 fully saturated rings. The van der Waals surface area contributed by atoms with Crippen molar-refractivity contribution in [1.82, 2.24) is 23.7 Å². The molecule has 0 spiro atoms. The van der Waals surface area contributed by atoms with Gasteiger partial charge in [-0.05, 0) is 95.6 Å². The van der Waals surface area contributed by atoms with Crippen molar-refractivity contribution in [1.29, 1.82) is 0 Å². The Morgan fingerprint density at radius 3 is 1.25 bits per heavy atom. The van der Waals surface area contributed by atoms with Crippen molar-refractivity contribution >= 4 is 65.4 Å². The van der Waals surface area contributed by atoms with E-state index in [1.54, 1.807) is 0 Å². The van der Waals surface area contributed by atoms with E-state index in [1.807, 2.05) is 12.3 Å². The monoisotopic (exact) mass is 879 g/mol. The zero-order valence-corrected chi connectivity index (χ0v) is 37.4. The molecular weight excluding hydrogens is 839 g/mol. The molecule has 69 heavy (non-hydrogen) atoms. The van der Waals surface area contributed by atoms with E-state index in [2.05, 4.69) is 250 Å². The quantitative estimate of drug-likeness (QED) is 0.160. The van der Waals surface area contributed by atoms with Gasteiger partial charge in [-0.15, -0.1) is 0 Å². The first-order chi connectivity index (χ1) is 34.2. The minimum atomic E-state index is 0.859. The van der Waals surface area contributed by atoms with Gasteiger partial charge in [-0.1, -0.05) is 164 Å². The topological polar surface area (TPSA) is 40.6 Å². The van der Waals surface area contributed by atoms with Crippen molar-refractivity contribution in [2.45, 2.75) is 0 Å². The minimum Gasteiger partial charge on any atom is -0.309 e. The molecule has 5 nitrogen and oxygen atoms in total. The van der Waals surface area contributed by atoms with E-state index in [0.29, 0.717) is 0 Å². The lowest BCUT2D eigenvalue weighted by molar-refractivity contribution is 1.08. The molecule has 322 valence electrons. The molecule has 14 rings (SSSR count). The second kappa shape index (κ2) is 15.7. The van der Waals surface area contributed by atoms with E-state index in [0.717, 1.165) is 83.8 Å². The molecule has 0 aliphatic rings. The number of rotatable bonds is 7. The third-order valence-electron chi connectivity index (χ3n) is 13.9. The summed E-state index contributed by atoms with van der Waals surface area (Å²) in [5.74, 6) is 0.859. The van der Waals surface area contributed by atoms with Gasteiger partial charge in [-0.3, -0.25) is 4.57 Å². The van der Waals surface area contributed by atoms with Crippen LogP contribution in [0, 0.1) is 0 Å². The fourth-order valence-electron chi connectivity index (χ4n) is 10.8. The van der Waals surface area contributed by atoms with Crippen LogP contribution in [0.5, 0.6) is 0 Å². The van der Waals surface area contributed by atoms with E-state index < -0.39 is 0 Å². The third kappa shape index (κ3) is 6.25. The van der Waals surface area contributed by atoms with Gasteiger partial charge in [-0.25, -0.2) is 9.97 Å². The van der Waals surface area contributed by atoms with Crippen molar-refractivity contribution in [3.8, 4) is 62.0 Å². The summed E-state index contributed by atoms with van der Waals surface area (Å²) in [5.41, 5.74) is 17.7. The van der Waals surface area contributed by atoms with Gasteiger partial charge in [0, 0.05) is 66.6 Å². The van der Waals surface area contributed by atoms with Crippen molar-refractivity contribution in [2.24, 2.45) is 0 Å². The standard InChI is InChI=1S/C64H41N5/c1-3-15-44(16-4-1)56-34-33-49(64(66-56)45-17-5-2-6-18-45)43-29-27-42(28-30-43)46-37-38-65-63(39-46)69-61-35-31-47(67-57-23-11-7-19-50(57)51-20-8-12-24-58(51)67)40-54(61)55-41-48(32-36-62(55)69)68-59-25-13-9-21-52(59)53-22-10-14-26-60(53)68/h1-41H. The summed E-state index contributed by atoms with van der Waals surface area (Å²) in [6, 6.07) is 87.1. The van der Waals surface area contributed by atoms with E-state index in [-0.39, 0.29) is 0 Å². The van der Waals surface area contributed by atoms with Crippen molar-refractivity contribution in [3.63, 3.8) is 0 Å². The number of benzene rings is 9. The van der Waals surface area contributed by atoms with Crippen LogP contribution < -0.4 is 0 Å². The van der Waals surface area contributed by atoms with Crippen LogP contribution in [0.2, 0.25) is 0 Å². The molecule has 0 saturated heterocycles. The van der Waals surface area contributed by atoms with Gasteiger partial charge in [0.25, 0.3) is 0 Å². The number of nitrogens with zero attached hydrogens (tertiary/aromatic N) is 5. The Kier molecular flexibility index (Phi) is 8.83. The van der Waals surface area contributed by atoms with Gasteiger partial charge >= 0.3 is 0 Å². The first-order valence-corrected chi connectivity index (χ1v) is 23.5. The van der Waals surface area contributed by atoms with Gasteiger partial charge in [0.1, 0.15) is 5.82 Å². The number of aromatic nitrogens is 5. The summed E-state index contributed by atoms with van der Waals surface area (Å²) in [6.07, 6.45) is 1.94. The molecule has 5 heteroatoms. The molecular formula is C64H41N5. The van der Waals surface area contributed by atoms with Crippen molar-refractivity contribution in [3.05, 3.63) is 249 Å². The second-order valence-electron chi connectivity index (χ2n) is 17.8. The lowest BCUT2D eigenvalue weighted by Gasteiger charge is -2.13. The molecule has 0 aliphatic carbocycles. The lowest BCUT2D eigenvalue weighted by atomic mass is 9.96. The molecule has 9 aromatic carbocycles. The molecule has 0 atom stereocenters. The van der Waals surface area contributed by atoms with Crippen LogP contribution in [0.25, 0.3) is 127 Å². The summed E-state index contributed by atoms with van der Waals surface area (Å²) in [6.45, 7) is 0. The zero-order valence-electron chi connectivity index (χ0n) is 37.4. The highest BCUT2D eigenvalue weighted by atomic mass is 15.1. The summed E-state index contributed by atoms with van der Waals surface area (Å²) < 4.78 is 7.15. The van der Waals surface area contributed by atoms with E-state index in [1.165, 1.54) is 43.6 Å². The van der Waals surface area contributed by atoms with Gasteiger partial charge in [-0.2, -0.15) is 0 Å². The SMILES string of the molecule is c1ccc(-c2ccc(-c3ccc(-c4ccnc(-n5c6ccc(-n7c8ccccc8c8ccccc87)cc6c6cc(-n7c8ccccc8c8ccccc87)ccc65)c4)cc3)c(-c3ccccc3)n2)cc1. The first kappa shape index (κ1) is 38.9. The molecule has 0 amide bonds. The van der Waals surface area contributed by atoms with Gasteiger partial charge < -0.3 is 9.13 Å². The maximum atomic E-state index is 5.24. The Morgan fingerprint density at radius 1 is 0.275 bits per heavy atom. The number of hydrogen-bond donors (Lipinski definition) is 0. The van der Waals surface area contributed by atoms with Crippen LogP contribution in [0.15, 0.2) is 249 Å². The molecule has 0 N–H and O–H groups in total. The maximum absolute atomic E-state index is 5.24. The van der Waals surface area contributed by atoms with E-state index in [4.69, 9.17) is 9.97 Å². The second-order valence-corrected chi connectivity index (χ2v) is 17.8. The number of pyridine rings is 2. The average molecular weight is 880 g/mol. The predicted octanol–water partition coefficient (Wildman–Crippen LogP) is 16.4. The smallest absolute Gasteiger partial charge is 0.138 e. The molecule has 5 heterocycles. The number of hydrogen-bond acceptors (Lipinski definition) is 2. The summed E-state index contributed by atoms with van der Waals surface area (Å²) >= 11 is 0. The van der Waals surface area contributed by atoms with Crippen LogP contribution in [-0.2, 0) is 0 Å². The van der Waals surface area contributed by atoms with E-state index in [9.17, 15) is 0 Å². The van der Waals surface area contributed by atoms with Gasteiger partial charge in [0.2, 0.25) is 0 Å². The van der Waals surface area contributed by atoms with Crippen LogP contribution in [-0.4, -0.2) is 23.7 Å². The minimum absolute atomic E-state index is 0.859. The summed E-state index contributed by atoms with van der Waals surface area (Å²) in [5, 5.41) is 7.29. The van der Waals surface area contributed by atoms with Gasteiger partial charge in [0.15, 0.2) is 0 Å². The van der Waals surface area contributed by atoms with Crippen molar-refractivity contribution in [2.75, 3.05) is 0 Å². The normalized spacial score (nSPS) is 11.8. The number of para-hydroxylation sites is 4. The van der Waals surface area contributed by atoms with Crippen LogP contribution in [0.3, 0.4) is 0 Å². The molecule has 0 unspecified atom stereocenters. The summed E-state index contributed by atoms with van der Waals surface area (Å²) in [4.78, 5) is 10.3. The first-order valence-electron chi connectivity index (χ1n) is 23.5. The Labute approximate surface area is 398 Å². The van der Waals surface area contributed by atoms with E-state index >= 15 is 0 Å². The van der Waals surface area contributed by atoms with Crippen LogP contribution in [0.4, 0.5) is 0 Å². The highest BCUT2D eigenvalue weighted by molar-refractivity contribution is 6.14.